The summed E-state index contributed by atoms with van der Waals surface area (Å²) >= 11 is 0. The van der Waals surface area contributed by atoms with Crippen molar-refractivity contribution < 1.29 is 4.42 Å². The van der Waals surface area contributed by atoms with Gasteiger partial charge in [-0.3, -0.25) is 0 Å². The smallest absolute Gasteiger partial charge is 0.159 e. The Morgan fingerprint density at radius 3 is 1.79 bits per heavy atom. The molecule has 10 aromatic carbocycles. The molecule has 2 heterocycles. The predicted molar refractivity (Wildman–Crippen MR) is 257 cm³/mol. The number of rotatable bonds is 7. The fourth-order valence-electron chi connectivity index (χ4n) is 9.37. The minimum Gasteiger partial charge on any atom is -0.454 e. The van der Waals surface area contributed by atoms with Crippen molar-refractivity contribution in [2.24, 2.45) is 0 Å². The normalized spacial score (nSPS) is 11.6. The standard InChI is InChI=1S/C58H38N2O/c1-4-16-39(17-5-1)41-30-33-46(34-31-41)59(47-24-14-21-43(36-47)40-18-6-2-7-19-40)54-38-44(37-52-56-48-25-11-10-20-42(48)32-35-55(56)61-58(52)54)49-27-15-28-51-50-26-12-13-29-53(50)60(57(49)51)45-22-8-3-9-23-45/h1-38H. The average Bonchev–Trinajstić information content (AvgIpc) is 3.89. The number of para-hydroxylation sites is 3. The zero-order valence-electron chi connectivity index (χ0n) is 33.2. The van der Waals surface area contributed by atoms with Gasteiger partial charge in [0.25, 0.3) is 0 Å². The number of anilines is 3. The zero-order valence-corrected chi connectivity index (χ0v) is 33.2. The van der Waals surface area contributed by atoms with Gasteiger partial charge in [0.05, 0.1) is 16.7 Å². The van der Waals surface area contributed by atoms with Gasteiger partial charge in [-0.1, -0.05) is 170 Å². The van der Waals surface area contributed by atoms with Crippen LogP contribution in [-0.2, 0) is 0 Å². The second-order valence-corrected chi connectivity index (χ2v) is 15.7. The molecule has 0 spiro atoms. The lowest BCUT2D eigenvalue weighted by molar-refractivity contribution is 0.669. The van der Waals surface area contributed by atoms with Crippen molar-refractivity contribution in [2.45, 2.75) is 0 Å². The quantitative estimate of drug-likeness (QED) is 0.161. The molecule has 0 aliphatic carbocycles. The lowest BCUT2D eigenvalue weighted by Crippen LogP contribution is -2.10. The molecule has 0 bridgehead atoms. The topological polar surface area (TPSA) is 21.3 Å². The number of benzene rings is 10. The first-order chi connectivity index (χ1) is 30.3. The van der Waals surface area contributed by atoms with Gasteiger partial charge < -0.3 is 13.9 Å². The maximum absolute atomic E-state index is 7.10. The maximum Gasteiger partial charge on any atom is 0.159 e. The molecular formula is C58H38N2O. The van der Waals surface area contributed by atoms with Gasteiger partial charge in [0.2, 0.25) is 0 Å². The molecule has 0 unspecified atom stereocenters. The summed E-state index contributed by atoms with van der Waals surface area (Å²) < 4.78 is 9.52. The molecule has 0 aliphatic heterocycles. The number of aromatic nitrogens is 1. The van der Waals surface area contributed by atoms with Gasteiger partial charge in [-0.05, 0) is 99.3 Å². The van der Waals surface area contributed by atoms with E-state index in [1.54, 1.807) is 0 Å². The van der Waals surface area contributed by atoms with Crippen LogP contribution < -0.4 is 4.90 Å². The average molecular weight is 779 g/mol. The largest absolute Gasteiger partial charge is 0.454 e. The highest BCUT2D eigenvalue weighted by atomic mass is 16.3. The van der Waals surface area contributed by atoms with Crippen molar-refractivity contribution >= 4 is 71.6 Å². The summed E-state index contributed by atoms with van der Waals surface area (Å²) in [4.78, 5) is 2.38. The SMILES string of the molecule is c1ccc(-c2ccc(N(c3cccc(-c4ccccc4)c3)c3cc(-c4cccc5c6ccccc6n(-c6ccccc6)c45)cc4c3oc3ccc5ccccc5c34)cc2)cc1. The Morgan fingerprint density at radius 2 is 1.00 bits per heavy atom. The van der Waals surface area contributed by atoms with Gasteiger partial charge in [-0.25, -0.2) is 0 Å². The Bertz CT molecular complexity index is 3570. The first-order valence-electron chi connectivity index (χ1n) is 20.8. The van der Waals surface area contributed by atoms with Crippen LogP contribution in [0, 0.1) is 0 Å². The molecule has 0 radical (unpaired) electrons. The summed E-state index contributed by atoms with van der Waals surface area (Å²) in [7, 11) is 0. The van der Waals surface area contributed by atoms with Gasteiger partial charge in [-0.15, -0.1) is 0 Å². The van der Waals surface area contributed by atoms with Crippen molar-refractivity contribution in [3.63, 3.8) is 0 Å². The number of hydrogen-bond donors (Lipinski definition) is 0. The van der Waals surface area contributed by atoms with E-state index < -0.39 is 0 Å². The van der Waals surface area contributed by atoms with Crippen LogP contribution in [0.1, 0.15) is 0 Å². The summed E-state index contributed by atoms with van der Waals surface area (Å²) in [5, 5.41) is 6.98. The third-order valence-electron chi connectivity index (χ3n) is 12.1. The van der Waals surface area contributed by atoms with E-state index in [0.29, 0.717) is 0 Å². The highest BCUT2D eigenvalue weighted by Gasteiger charge is 2.24. The molecule has 286 valence electrons. The van der Waals surface area contributed by atoms with Crippen molar-refractivity contribution in [1.82, 2.24) is 4.57 Å². The zero-order chi connectivity index (χ0) is 40.3. The van der Waals surface area contributed by atoms with E-state index in [1.165, 1.54) is 43.7 Å². The number of furan rings is 1. The van der Waals surface area contributed by atoms with E-state index in [0.717, 1.165) is 66.9 Å². The molecule has 3 nitrogen and oxygen atoms in total. The second kappa shape index (κ2) is 14.3. The van der Waals surface area contributed by atoms with Crippen LogP contribution in [0.15, 0.2) is 235 Å². The summed E-state index contributed by atoms with van der Waals surface area (Å²) in [5.41, 5.74) is 15.1. The van der Waals surface area contributed by atoms with Crippen LogP contribution in [-0.4, -0.2) is 4.57 Å². The summed E-state index contributed by atoms with van der Waals surface area (Å²) in [5.74, 6) is 0. The minimum atomic E-state index is 0.836. The van der Waals surface area contributed by atoms with Crippen molar-refractivity contribution in [3.05, 3.63) is 231 Å². The van der Waals surface area contributed by atoms with Crippen LogP contribution in [0.5, 0.6) is 0 Å². The molecule has 0 atom stereocenters. The highest BCUT2D eigenvalue weighted by Crippen LogP contribution is 2.48. The van der Waals surface area contributed by atoms with Crippen LogP contribution in [0.25, 0.3) is 93.6 Å². The molecule has 61 heavy (non-hydrogen) atoms. The maximum atomic E-state index is 7.10. The van der Waals surface area contributed by atoms with E-state index in [2.05, 4.69) is 240 Å². The fraction of sp³-hybridized carbons (Fsp3) is 0. The lowest BCUT2D eigenvalue weighted by Gasteiger charge is -2.27. The lowest BCUT2D eigenvalue weighted by atomic mass is 9.96. The van der Waals surface area contributed by atoms with E-state index in [1.807, 2.05) is 0 Å². The molecule has 3 heteroatoms. The van der Waals surface area contributed by atoms with E-state index >= 15 is 0 Å². The molecule has 12 aromatic rings. The molecule has 0 amide bonds. The molecule has 0 aliphatic rings. The van der Waals surface area contributed by atoms with Gasteiger partial charge in [0, 0.05) is 44.2 Å². The third kappa shape index (κ3) is 5.82. The molecule has 0 fully saturated rings. The monoisotopic (exact) mass is 778 g/mol. The fourth-order valence-corrected chi connectivity index (χ4v) is 9.37. The summed E-state index contributed by atoms with van der Waals surface area (Å²) in [6.45, 7) is 0. The summed E-state index contributed by atoms with van der Waals surface area (Å²) in [6, 6.07) is 82.8. The van der Waals surface area contributed by atoms with E-state index in [-0.39, 0.29) is 0 Å². The Morgan fingerprint density at radius 1 is 0.377 bits per heavy atom. The van der Waals surface area contributed by atoms with Crippen molar-refractivity contribution in [1.29, 1.82) is 0 Å². The number of hydrogen-bond acceptors (Lipinski definition) is 2. The van der Waals surface area contributed by atoms with Gasteiger partial charge in [-0.2, -0.15) is 0 Å². The summed E-state index contributed by atoms with van der Waals surface area (Å²) in [6.07, 6.45) is 0. The van der Waals surface area contributed by atoms with Crippen molar-refractivity contribution in [3.8, 4) is 39.1 Å². The van der Waals surface area contributed by atoms with Gasteiger partial charge >= 0.3 is 0 Å². The number of fused-ring (bicyclic) bond motifs is 8. The predicted octanol–water partition coefficient (Wildman–Crippen LogP) is 16.3. The van der Waals surface area contributed by atoms with Crippen LogP contribution >= 0.6 is 0 Å². The molecule has 0 saturated heterocycles. The Hall–Kier alpha value is -8.14. The van der Waals surface area contributed by atoms with Crippen molar-refractivity contribution in [2.75, 3.05) is 4.90 Å². The second-order valence-electron chi connectivity index (χ2n) is 15.7. The molecule has 12 rings (SSSR count). The first kappa shape index (κ1) is 34.9. The van der Waals surface area contributed by atoms with E-state index in [9.17, 15) is 0 Å². The molecule has 0 N–H and O–H groups in total. The minimum absolute atomic E-state index is 0.836. The highest BCUT2D eigenvalue weighted by molar-refractivity contribution is 6.22. The van der Waals surface area contributed by atoms with Crippen LogP contribution in [0.2, 0.25) is 0 Å². The molecule has 2 aromatic heterocycles. The van der Waals surface area contributed by atoms with Crippen LogP contribution in [0.3, 0.4) is 0 Å². The Kier molecular flexibility index (Phi) is 8.17. The van der Waals surface area contributed by atoms with E-state index in [4.69, 9.17) is 4.42 Å². The first-order valence-corrected chi connectivity index (χ1v) is 20.8. The van der Waals surface area contributed by atoms with Gasteiger partial charge in [0.15, 0.2) is 5.58 Å². The Labute approximate surface area is 353 Å². The number of nitrogens with zero attached hydrogens (tertiary/aromatic N) is 2. The molecule has 0 saturated carbocycles. The van der Waals surface area contributed by atoms with Crippen LogP contribution in [0.4, 0.5) is 17.1 Å². The molecular weight excluding hydrogens is 741 g/mol. The third-order valence-corrected chi connectivity index (χ3v) is 12.1. The Balaban J connectivity index is 1.19. The van der Waals surface area contributed by atoms with Gasteiger partial charge in [0.1, 0.15) is 5.58 Å².